The zero-order valence-electron chi connectivity index (χ0n) is 11.2. The van der Waals surface area contributed by atoms with Crippen LogP contribution in [0.4, 0.5) is 5.69 Å². The number of H-pyrrole nitrogens is 1. The van der Waals surface area contributed by atoms with Crippen LogP contribution < -0.4 is 5.32 Å². The Morgan fingerprint density at radius 3 is 2.95 bits per heavy atom. The van der Waals surface area contributed by atoms with Crippen LogP contribution in [-0.2, 0) is 6.42 Å². The highest BCUT2D eigenvalue weighted by Crippen LogP contribution is 2.24. The molecule has 0 saturated carbocycles. The summed E-state index contributed by atoms with van der Waals surface area (Å²) in [6.07, 6.45) is 3.18. The van der Waals surface area contributed by atoms with Crippen LogP contribution in [0.25, 0.3) is 0 Å². The molecule has 0 radical (unpaired) electrons. The first-order valence-corrected chi connectivity index (χ1v) is 6.49. The SMILES string of the molecule is CC(NCCCc1ncn[nH]1)c1ccccc1[N+](=O)[O-]. The Morgan fingerprint density at radius 1 is 1.45 bits per heavy atom. The van der Waals surface area contributed by atoms with Gasteiger partial charge in [0, 0.05) is 24.1 Å². The normalized spacial score (nSPS) is 12.2. The first-order valence-electron chi connectivity index (χ1n) is 6.49. The molecule has 0 amide bonds. The van der Waals surface area contributed by atoms with Gasteiger partial charge in [-0.15, -0.1) is 0 Å². The van der Waals surface area contributed by atoms with E-state index in [-0.39, 0.29) is 16.7 Å². The predicted molar refractivity (Wildman–Crippen MR) is 74.2 cm³/mol. The summed E-state index contributed by atoms with van der Waals surface area (Å²) in [5.74, 6) is 0.852. The van der Waals surface area contributed by atoms with Crippen molar-refractivity contribution in [2.75, 3.05) is 6.54 Å². The molecule has 7 heteroatoms. The van der Waals surface area contributed by atoms with Crippen LogP contribution in [0.3, 0.4) is 0 Å². The van der Waals surface area contributed by atoms with Gasteiger partial charge in [0.25, 0.3) is 5.69 Å². The minimum absolute atomic E-state index is 0.0636. The zero-order chi connectivity index (χ0) is 14.4. The molecule has 0 aliphatic rings. The average molecular weight is 275 g/mol. The number of benzene rings is 1. The molecule has 20 heavy (non-hydrogen) atoms. The molecule has 2 aromatic rings. The molecule has 1 aromatic carbocycles. The Hall–Kier alpha value is -2.28. The smallest absolute Gasteiger partial charge is 0.274 e. The number of nitrogens with one attached hydrogen (secondary N) is 2. The molecule has 0 aliphatic heterocycles. The molecule has 1 aromatic heterocycles. The van der Waals surface area contributed by atoms with Crippen molar-refractivity contribution < 1.29 is 4.92 Å². The van der Waals surface area contributed by atoms with Crippen molar-refractivity contribution in [3.63, 3.8) is 0 Å². The van der Waals surface area contributed by atoms with Gasteiger partial charge in [0.15, 0.2) is 0 Å². The van der Waals surface area contributed by atoms with Gasteiger partial charge >= 0.3 is 0 Å². The molecule has 0 aliphatic carbocycles. The summed E-state index contributed by atoms with van der Waals surface area (Å²) in [5, 5.41) is 20.8. The Morgan fingerprint density at radius 2 is 2.25 bits per heavy atom. The van der Waals surface area contributed by atoms with Gasteiger partial charge in [-0.1, -0.05) is 18.2 Å². The van der Waals surface area contributed by atoms with E-state index >= 15 is 0 Å². The molecule has 2 rings (SSSR count). The second kappa shape index (κ2) is 6.76. The molecule has 0 saturated heterocycles. The summed E-state index contributed by atoms with van der Waals surface area (Å²) in [7, 11) is 0. The fourth-order valence-electron chi connectivity index (χ4n) is 2.06. The molecule has 2 N–H and O–H groups in total. The van der Waals surface area contributed by atoms with E-state index in [0.29, 0.717) is 5.56 Å². The van der Waals surface area contributed by atoms with Gasteiger partial charge in [0.1, 0.15) is 12.2 Å². The molecule has 7 nitrogen and oxygen atoms in total. The molecule has 1 unspecified atom stereocenters. The summed E-state index contributed by atoms with van der Waals surface area (Å²) in [4.78, 5) is 14.7. The molecule has 1 atom stereocenters. The van der Waals surface area contributed by atoms with Gasteiger partial charge in [-0.2, -0.15) is 5.10 Å². The van der Waals surface area contributed by atoms with Crippen molar-refractivity contribution in [1.29, 1.82) is 0 Å². The lowest BCUT2D eigenvalue weighted by Crippen LogP contribution is -2.21. The van der Waals surface area contributed by atoms with Gasteiger partial charge in [-0.3, -0.25) is 15.2 Å². The number of aromatic amines is 1. The third-order valence-electron chi connectivity index (χ3n) is 3.11. The molecule has 106 valence electrons. The van der Waals surface area contributed by atoms with Crippen molar-refractivity contribution in [3.8, 4) is 0 Å². The molecular weight excluding hydrogens is 258 g/mol. The van der Waals surface area contributed by atoms with Crippen LogP contribution >= 0.6 is 0 Å². The highest BCUT2D eigenvalue weighted by molar-refractivity contribution is 5.41. The molecule has 0 spiro atoms. The van der Waals surface area contributed by atoms with Crippen LogP contribution in [-0.4, -0.2) is 26.6 Å². The largest absolute Gasteiger partial charge is 0.310 e. The van der Waals surface area contributed by atoms with E-state index in [2.05, 4.69) is 20.5 Å². The highest BCUT2D eigenvalue weighted by atomic mass is 16.6. The monoisotopic (exact) mass is 275 g/mol. The second-order valence-electron chi connectivity index (χ2n) is 4.53. The Balaban J connectivity index is 1.85. The maximum atomic E-state index is 11.0. The summed E-state index contributed by atoms with van der Waals surface area (Å²) in [5.41, 5.74) is 0.861. The van der Waals surface area contributed by atoms with E-state index in [1.54, 1.807) is 12.1 Å². The van der Waals surface area contributed by atoms with Crippen LogP contribution in [0.1, 0.15) is 30.8 Å². The summed E-state index contributed by atoms with van der Waals surface area (Å²) >= 11 is 0. The molecular formula is C13H17N5O2. The maximum absolute atomic E-state index is 11.0. The number of hydrogen-bond acceptors (Lipinski definition) is 5. The van der Waals surface area contributed by atoms with Crippen molar-refractivity contribution in [2.24, 2.45) is 0 Å². The summed E-state index contributed by atoms with van der Waals surface area (Å²) < 4.78 is 0. The fraction of sp³-hybridized carbons (Fsp3) is 0.385. The van der Waals surface area contributed by atoms with Gasteiger partial charge in [-0.25, -0.2) is 4.98 Å². The number of nitrogens with zero attached hydrogens (tertiary/aromatic N) is 3. The third kappa shape index (κ3) is 3.61. The highest BCUT2D eigenvalue weighted by Gasteiger charge is 2.17. The number of hydrogen-bond donors (Lipinski definition) is 2. The average Bonchev–Trinajstić information content (AvgIpc) is 2.96. The minimum atomic E-state index is -0.345. The topological polar surface area (TPSA) is 96.7 Å². The van der Waals surface area contributed by atoms with E-state index in [0.717, 1.165) is 25.2 Å². The Labute approximate surface area is 116 Å². The molecule has 0 bridgehead atoms. The van der Waals surface area contributed by atoms with E-state index < -0.39 is 0 Å². The first-order chi connectivity index (χ1) is 9.68. The second-order valence-corrected chi connectivity index (χ2v) is 4.53. The predicted octanol–water partition coefficient (Wildman–Crippen LogP) is 2.00. The lowest BCUT2D eigenvalue weighted by molar-refractivity contribution is -0.385. The Bertz CT molecular complexity index is 556. The van der Waals surface area contributed by atoms with Gasteiger partial charge in [-0.05, 0) is 19.9 Å². The van der Waals surface area contributed by atoms with Crippen LogP contribution in [0.15, 0.2) is 30.6 Å². The van der Waals surface area contributed by atoms with E-state index in [4.69, 9.17) is 0 Å². The van der Waals surface area contributed by atoms with Gasteiger partial charge in [0.2, 0.25) is 0 Å². The number of aryl methyl sites for hydroxylation is 1. The van der Waals surface area contributed by atoms with Crippen molar-refractivity contribution in [1.82, 2.24) is 20.5 Å². The van der Waals surface area contributed by atoms with Crippen molar-refractivity contribution in [2.45, 2.75) is 25.8 Å². The first kappa shape index (κ1) is 14.1. The van der Waals surface area contributed by atoms with Crippen LogP contribution in [0.5, 0.6) is 0 Å². The maximum Gasteiger partial charge on any atom is 0.274 e. The minimum Gasteiger partial charge on any atom is -0.310 e. The summed E-state index contributed by atoms with van der Waals surface area (Å²) in [6.45, 7) is 2.69. The van der Waals surface area contributed by atoms with Crippen molar-refractivity contribution >= 4 is 5.69 Å². The van der Waals surface area contributed by atoms with Crippen molar-refractivity contribution in [3.05, 3.63) is 52.1 Å². The fourth-order valence-corrected chi connectivity index (χ4v) is 2.06. The summed E-state index contributed by atoms with van der Waals surface area (Å²) in [6, 6.07) is 6.74. The standard InChI is InChI=1S/C13H17N5O2/c1-10(11-5-2-3-6-12(11)18(19)20)14-8-4-7-13-15-9-16-17-13/h2-3,5-6,9-10,14H,4,7-8H2,1H3,(H,15,16,17). The lowest BCUT2D eigenvalue weighted by atomic mass is 10.1. The number of rotatable bonds is 7. The van der Waals surface area contributed by atoms with E-state index in [1.807, 2.05) is 13.0 Å². The van der Waals surface area contributed by atoms with E-state index in [9.17, 15) is 10.1 Å². The third-order valence-corrected chi connectivity index (χ3v) is 3.11. The number of nitro benzene ring substituents is 1. The quantitative estimate of drug-likeness (QED) is 0.457. The van der Waals surface area contributed by atoms with Gasteiger partial charge < -0.3 is 5.32 Å². The number of nitro groups is 1. The molecule has 1 heterocycles. The van der Waals surface area contributed by atoms with Gasteiger partial charge in [0.05, 0.1) is 4.92 Å². The van der Waals surface area contributed by atoms with E-state index in [1.165, 1.54) is 12.4 Å². The number of para-hydroxylation sites is 1. The number of aromatic nitrogens is 3. The Kier molecular flexibility index (Phi) is 4.78. The lowest BCUT2D eigenvalue weighted by Gasteiger charge is -2.14. The zero-order valence-corrected chi connectivity index (χ0v) is 11.2. The van der Waals surface area contributed by atoms with Crippen LogP contribution in [0, 0.1) is 10.1 Å². The molecule has 0 fully saturated rings. The van der Waals surface area contributed by atoms with Crippen LogP contribution in [0.2, 0.25) is 0 Å².